The van der Waals surface area contributed by atoms with E-state index in [1.807, 2.05) is 0 Å². The number of hydrogen-bond acceptors (Lipinski definition) is 2. The van der Waals surface area contributed by atoms with E-state index in [0.717, 1.165) is 0 Å². The summed E-state index contributed by atoms with van der Waals surface area (Å²) in [5.41, 5.74) is 0.489. The Kier molecular flexibility index (Phi) is 3.04. The molecule has 4 heteroatoms. The molecular formula is C12H8ClN2O+. The first-order valence-corrected chi connectivity index (χ1v) is 5.04. The minimum Gasteiger partial charge on any atom is -0.457 e. The molecule has 0 saturated heterocycles. The Morgan fingerprint density at radius 3 is 1.88 bits per heavy atom. The van der Waals surface area contributed by atoms with Crippen molar-refractivity contribution in [2.24, 2.45) is 0 Å². The lowest BCUT2D eigenvalue weighted by Gasteiger charge is -2.04. The van der Waals surface area contributed by atoms with Crippen molar-refractivity contribution in [3.05, 3.63) is 58.5 Å². The number of hydrogen-bond donors (Lipinski definition) is 0. The van der Waals surface area contributed by atoms with Crippen molar-refractivity contribution in [3.8, 4) is 11.5 Å². The number of benzene rings is 2. The van der Waals surface area contributed by atoms with E-state index in [2.05, 4.69) is 4.98 Å². The SMILES string of the molecule is N#[N+]c1ccc(Oc2ccc(Cl)cc2)cc1. The zero-order valence-corrected chi connectivity index (χ0v) is 9.06. The van der Waals surface area contributed by atoms with Crippen LogP contribution < -0.4 is 4.74 Å². The van der Waals surface area contributed by atoms with Crippen LogP contribution in [0.5, 0.6) is 11.5 Å². The van der Waals surface area contributed by atoms with Gasteiger partial charge in [0.15, 0.2) is 4.98 Å². The fraction of sp³-hybridized carbons (Fsp3) is 0. The lowest BCUT2D eigenvalue weighted by molar-refractivity contribution is 0.483. The van der Waals surface area contributed by atoms with E-state index < -0.39 is 0 Å². The normalized spacial score (nSPS) is 9.50. The summed E-state index contributed by atoms with van der Waals surface area (Å²) in [7, 11) is 0. The summed E-state index contributed by atoms with van der Waals surface area (Å²) >= 11 is 5.76. The van der Waals surface area contributed by atoms with Gasteiger partial charge < -0.3 is 4.74 Å². The number of nitrogens with zero attached hydrogens (tertiary/aromatic N) is 2. The number of ether oxygens (including phenoxy) is 1. The van der Waals surface area contributed by atoms with Gasteiger partial charge in [0, 0.05) is 17.2 Å². The number of rotatable bonds is 2. The maximum atomic E-state index is 8.52. The van der Waals surface area contributed by atoms with E-state index >= 15 is 0 Å². The van der Waals surface area contributed by atoms with Gasteiger partial charge in [0.2, 0.25) is 5.39 Å². The average Bonchev–Trinajstić information content (AvgIpc) is 2.33. The third-order valence-electron chi connectivity index (χ3n) is 2.00. The summed E-state index contributed by atoms with van der Waals surface area (Å²) in [6.45, 7) is 0. The number of halogens is 1. The molecule has 3 nitrogen and oxygen atoms in total. The predicted molar refractivity (Wildman–Crippen MR) is 62.7 cm³/mol. The Labute approximate surface area is 97.9 Å². The first kappa shape index (κ1) is 10.5. The average molecular weight is 232 g/mol. The second kappa shape index (κ2) is 4.65. The highest BCUT2D eigenvalue weighted by molar-refractivity contribution is 6.30. The van der Waals surface area contributed by atoms with Crippen molar-refractivity contribution in [2.75, 3.05) is 0 Å². The van der Waals surface area contributed by atoms with Crippen LogP contribution in [0.3, 0.4) is 0 Å². The molecule has 0 aliphatic rings. The second-order valence-electron chi connectivity index (χ2n) is 3.15. The second-order valence-corrected chi connectivity index (χ2v) is 3.59. The Hall–Kier alpha value is -2.05. The summed E-state index contributed by atoms with van der Waals surface area (Å²) in [5.74, 6) is 1.38. The van der Waals surface area contributed by atoms with Gasteiger partial charge in [0.1, 0.15) is 11.5 Å². The minimum absolute atomic E-state index is 0.489. The lowest BCUT2D eigenvalue weighted by Crippen LogP contribution is -1.82. The van der Waals surface area contributed by atoms with E-state index in [1.54, 1.807) is 48.5 Å². The molecule has 0 fully saturated rings. The van der Waals surface area contributed by atoms with Gasteiger partial charge in [0.05, 0.1) is 0 Å². The summed E-state index contributed by atoms with van der Waals surface area (Å²) in [6, 6.07) is 13.9. The molecule has 0 N–H and O–H groups in total. The van der Waals surface area contributed by atoms with Crippen LogP contribution in [0.1, 0.15) is 0 Å². The zero-order valence-electron chi connectivity index (χ0n) is 8.30. The van der Waals surface area contributed by atoms with Crippen molar-refractivity contribution < 1.29 is 4.74 Å². The highest BCUT2D eigenvalue weighted by Crippen LogP contribution is 2.24. The Morgan fingerprint density at radius 2 is 1.38 bits per heavy atom. The monoisotopic (exact) mass is 231 g/mol. The molecule has 0 unspecified atom stereocenters. The van der Waals surface area contributed by atoms with Crippen molar-refractivity contribution in [3.63, 3.8) is 0 Å². The molecule has 0 bridgehead atoms. The molecule has 0 aliphatic heterocycles. The van der Waals surface area contributed by atoms with E-state index in [-0.39, 0.29) is 0 Å². The quantitative estimate of drug-likeness (QED) is 0.708. The maximum absolute atomic E-state index is 8.52. The van der Waals surface area contributed by atoms with Crippen LogP contribution in [0.4, 0.5) is 5.69 Å². The van der Waals surface area contributed by atoms with Crippen molar-refractivity contribution >= 4 is 17.3 Å². The molecule has 78 valence electrons. The summed E-state index contributed by atoms with van der Waals surface area (Å²) in [6.07, 6.45) is 0. The van der Waals surface area contributed by atoms with Gasteiger partial charge >= 0.3 is 5.69 Å². The summed E-state index contributed by atoms with van der Waals surface area (Å²) < 4.78 is 5.55. The van der Waals surface area contributed by atoms with Crippen LogP contribution in [-0.2, 0) is 0 Å². The van der Waals surface area contributed by atoms with Gasteiger partial charge in [0.25, 0.3) is 0 Å². The molecule has 16 heavy (non-hydrogen) atoms. The zero-order chi connectivity index (χ0) is 11.4. The Morgan fingerprint density at radius 1 is 0.875 bits per heavy atom. The molecule has 0 saturated carbocycles. The molecule has 2 aromatic carbocycles. The van der Waals surface area contributed by atoms with Crippen LogP contribution in [0.2, 0.25) is 5.02 Å². The topological polar surface area (TPSA) is 37.4 Å². The molecule has 0 radical (unpaired) electrons. The van der Waals surface area contributed by atoms with Gasteiger partial charge in [-0.15, -0.1) is 0 Å². The number of diazo groups is 1. The molecule has 0 atom stereocenters. The molecule has 0 aromatic heterocycles. The molecule has 0 spiro atoms. The highest BCUT2D eigenvalue weighted by Gasteiger charge is 2.03. The Bertz CT molecular complexity index is 514. The van der Waals surface area contributed by atoms with Crippen LogP contribution >= 0.6 is 11.6 Å². The van der Waals surface area contributed by atoms with Crippen molar-refractivity contribution in [1.29, 1.82) is 5.39 Å². The van der Waals surface area contributed by atoms with Gasteiger partial charge in [-0.25, -0.2) is 0 Å². The smallest absolute Gasteiger partial charge is 0.385 e. The first-order chi connectivity index (χ1) is 7.78. The largest absolute Gasteiger partial charge is 0.457 e. The fourth-order valence-corrected chi connectivity index (χ4v) is 1.35. The molecule has 0 aliphatic carbocycles. The van der Waals surface area contributed by atoms with Crippen LogP contribution in [-0.4, -0.2) is 0 Å². The van der Waals surface area contributed by atoms with Gasteiger partial charge in [-0.3, -0.25) is 0 Å². The van der Waals surface area contributed by atoms with E-state index in [9.17, 15) is 0 Å². The van der Waals surface area contributed by atoms with Crippen molar-refractivity contribution in [1.82, 2.24) is 0 Å². The molecular weight excluding hydrogens is 224 g/mol. The van der Waals surface area contributed by atoms with E-state index in [1.165, 1.54) is 0 Å². The predicted octanol–water partition coefficient (Wildman–Crippen LogP) is 4.62. The van der Waals surface area contributed by atoms with Gasteiger partial charge in [-0.1, -0.05) is 11.6 Å². The van der Waals surface area contributed by atoms with E-state index in [4.69, 9.17) is 21.7 Å². The Balaban J connectivity index is 2.15. The van der Waals surface area contributed by atoms with Gasteiger partial charge in [-0.2, -0.15) is 0 Å². The van der Waals surface area contributed by atoms with Crippen LogP contribution in [0, 0.1) is 5.39 Å². The molecule has 0 amide bonds. The van der Waals surface area contributed by atoms with Crippen LogP contribution in [0.25, 0.3) is 4.98 Å². The maximum Gasteiger partial charge on any atom is 0.385 e. The first-order valence-electron chi connectivity index (χ1n) is 4.66. The van der Waals surface area contributed by atoms with Crippen LogP contribution in [0.15, 0.2) is 48.5 Å². The summed E-state index contributed by atoms with van der Waals surface area (Å²) in [4.78, 5) is 3.06. The fourth-order valence-electron chi connectivity index (χ4n) is 1.22. The standard InChI is InChI=1S/C12H8ClN2O/c13-9-1-5-11(6-2-9)16-12-7-3-10(15-14)4-8-12/h1-8H/q+1. The third-order valence-corrected chi connectivity index (χ3v) is 2.25. The highest BCUT2D eigenvalue weighted by atomic mass is 35.5. The van der Waals surface area contributed by atoms with E-state index in [0.29, 0.717) is 22.2 Å². The lowest BCUT2D eigenvalue weighted by atomic mass is 10.3. The minimum atomic E-state index is 0.489. The molecule has 2 rings (SSSR count). The summed E-state index contributed by atoms with van der Waals surface area (Å²) in [5, 5.41) is 9.19. The third kappa shape index (κ3) is 2.50. The molecule has 0 heterocycles. The van der Waals surface area contributed by atoms with Gasteiger partial charge in [-0.05, 0) is 36.4 Å². The molecule has 2 aromatic rings. The van der Waals surface area contributed by atoms with Crippen molar-refractivity contribution in [2.45, 2.75) is 0 Å².